The predicted octanol–water partition coefficient (Wildman–Crippen LogP) is 6.53. The maximum absolute atomic E-state index is 12.6. The van der Waals surface area contributed by atoms with Crippen molar-refractivity contribution in [3.05, 3.63) is 92.9 Å². The first kappa shape index (κ1) is 20.3. The molecule has 0 unspecified atom stereocenters. The van der Waals surface area contributed by atoms with Crippen LogP contribution in [0.4, 0.5) is 0 Å². The SMILES string of the molecule is COc1cc(/C=C2\Sc3ccccc3C2=O)ccc1OCc1c(C)cc(C)cc1C. The van der Waals surface area contributed by atoms with E-state index in [-0.39, 0.29) is 5.78 Å². The van der Waals surface area contributed by atoms with Gasteiger partial charge in [0.25, 0.3) is 0 Å². The number of Topliss-reactive ketones (excluding diaryl/α,β-unsaturated/α-hetero) is 1. The van der Waals surface area contributed by atoms with Crippen molar-refractivity contribution < 1.29 is 14.3 Å². The van der Waals surface area contributed by atoms with E-state index in [1.54, 1.807) is 7.11 Å². The molecule has 1 heterocycles. The van der Waals surface area contributed by atoms with Gasteiger partial charge in [-0.1, -0.05) is 47.7 Å². The van der Waals surface area contributed by atoms with Crippen molar-refractivity contribution in [2.75, 3.05) is 7.11 Å². The van der Waals surface area contributed by atoms with E-state index >= 15 is 0 Å². The minimum absolute atomic E-state index is 0.0696. The summed E-state index contributed by atoms with van der Waals surface area (Å²) in [6.45, 7) is 6.81. The van der Waals surface area contributed by atoms with Gasteiger partial charge in [-0.3, -0.25) is 4.79 Å². The molecule has 3 aromatic rings. The van der Waals surface area contributed by atoms with Crippen LogP contribution in [0.15, 0.2) is 64.4 Å². The second-order valence-corrected chi connectivity index (χ2v) is 8.60. The van der Waals surface area contributed by atoms with Gasteiger partial charge in [0, 0.05) is 10.5 Å². The summed E-state index contributed by atoms with van der Waals surface area (Å²) in [6.07, 6.45) is 1.91. The Balaban J connectivity index is 1.55. The van der Waals surface area contributed by atoms with Crippen LogP contribution in [-0.4, -0.2) is 12.9 Å². The zero-order valence-corrected chi connectivity index (χ0v) is 18.4. The predicted molar refractivity (Wildman–Crippen MR) is 123 cm³/mol. The highest BCUT2D eigenvalue weighted by Crippen LogP contribution is 2.41. The Labute approximate surface area is 181 Å². The number of rotatable bonds is 5. The quantitative estimate of drug-likeness (QED) is 0.443. The smallest absolute Gasteiger partial charge is 0.200 e. The molecule has 0 aromatic heterocycles. The second kappa shape index (κ2) is 8.41. The number of hydrogen-bond donors (Lipinski definition) is 0. The maximum atomic E-state index is 12.6. The average molecular weight is 417 g/mol. The Kier molecular flexibility index (Phi) is 5.69. The van der Waals surface area contributed by atoms with Crippen molar-refractivity contribution in [3.8, 4) is 11.5 Å². The summed E-state index contributed by atoms with van der Waals surface area (Å²) in [4.78, 5) is 14.3. The van der Waals surface area contributed by atoms with Gasteiger partial charge in [-0.25, -0.2) is 0 Å². The van der Waals surface area contributed by atoms with E-state index in [4.69, 9.17) is 9.47 Å². The van der Waals surface area contributed by atoms with Gasteiger partial charge < -0.3 is 9.47 Å². The third-order valence-corrected chi connectivity index (χ3v) is 6.37. The Bertz CT molecular complexity index is 1140. The van der Waals surface area contributed by atoms with Crippen LogP contribution in [0.1, 0.15) is 38.2 Å². The Morgan fingerprint density at radius 1 is 0.933 bits per heavy atom. The lowest BCUT2D eigenvalue weighted by atomic mass is 10.0. The van der Waals surface area contributed by atoms with Crippen LogP contribution < -0.4 is 9.47 Å². The molecule has 0 N–H and O–H groups in total. The third kappa shape index (κ3) is 4.01. The minimum atomic E-state index is 0.0696. The number of allylic oxidation sites excluding steroid dienone is 1. The highest BCUT2D eigenvalue weighted by atomic mass is 32.2. The van der Waals surface area contributed by atoms with E-state index in [9.17, 15) is 4.79 Å². The van der Waals surface area contributed by atoms with Crippen LogP contribution in [0.25, 0.3) is 6.08 Å². The van der Waals surface area contributed by atoms with Gasteiger partial charge in [0.1, 0.15) is 6.61 Å². The molecule has 0 atom stereocenters. The van der Waals surface area contributed by atoms with Crippen molar-refractivity contribution in [2.45, 2.75) is 32.3 Å². The fraction of sp³-hybridized carbons (Fsp3) is 0.192. The van der Waals surface area contributed by atoms with Gasteiger partial charge in [0.05, 0.1) is 12.0 Å². The monoisotopic (exact) mass is 416 g/mol. The Morgan fingerprint density at radius 3 is 2.37 bits per heavy atom. The number of carbonyl (C=O) groups is 1. The van der Waals surface area contributed by atoms with Gasteiger partial charge >= 0.3 is 0 Å². The van der Waals surface area contributed by atoms with Crippen molar-refractivity contribution in [2.24, 2.45) is 0 Å². The number of hydrogen-bond acceptors (Lipinski definition) is 4. The molecule has 4 rings (SSSR count). The van der Waals surface area contributed by atoms with E-state index in [0.29, 0.717) is 18.1 Å². The van der Waals surface area contributed by atoms with Crippen molar-refractivity contribution in [3.63, 3.8) is 0 Å². The van der Waals surface area contributed by atoms with E-state index in [0.717, 1.165) is 20.9 Å². The molecule has 0 aliphatic carbocycles. The lowest BCUT2D eigenvalue weighted by Gasteiger charge is -2.15. The molecular formula is C26H24O3S. The number of methoxy groups -OCH3 is 1. The molecule has 1 aliphatic heterocycles. The molecule has 3 nitrogen and oxygen atoms in total. The van der Waals surface area contributed by atoms with E-state index < -0.39 is 0 Å². The zero-order chi connectivity index (χ0) is 21.3. The van der Waals surface area contributed by atoms with Gasteiger partial charge in [0.15, 0.2) is 11.5 Å². The number of ether oxygens (including phenoxy) is 2. The molecule has 0 fully saturated rings. The van der Waals surface area contributed by atoms with E-state index in [2.05, 4.69) is 32.9 Å². The maximum Gasteiger partial charge on any atom is 0.200 e. The number of thioether (sulfide) groups is 1. The average Bonchev–Trinajstić information content (AvgIpc) is 3.03. The first-order valence-electron chi connectivity index (χ1n) is 9.87. The van der Waals surface area contributed by atoms with Crippen LogP contribution in [0.2, 0.25) is 0 Å². The number of carbonyl (C=O) groups excluding carboxylic acids is 1. The molecule has 30 heavy (non-hydrogen) atoms. The molecule has 152 valence electrons. The number of benzene rings is 3. The first-order chi connectivity index (χ1) is 14.5. The Hall–Kier alpha value is -2.98. The summed E-state index contributed by atoms with van der Waals surface area (Å²) < 4.78 is 11.7. The molecule has 3 aromatic carbocycles. The third-order valence-electron chi connectivity index (χ3n) is 5.27. The molecule has 0 amide bonds. The van der Waals surface area contributed by atoms with Gasteiger partial charge in [-0.15, -0.1) is 0 Å². The van der Waals surface area contributed by atoms with Crippen molar-refractivity contribution in [1.29, 1.82) is 0 Å². The zero-order valence-electron chi connectivity index (χ0n) is 17.6. The second-order valence-electron chi connectivity index (χ2n) is 7.51. The molecule has 0 spiro atoms. The molecular weight excluding hydrogens is 392 g/mol. The van der Waals surface area contributed by atoms with Gasteiger partial charge in [-0.2, -0.15) is 0 Å². The summed E-state index contributed by atoms with van der Waals surface area (Å²) in [5, 5.41) is 0. The fourth-order valence-electron chi connectivity index (χ4n) is 3.77. The minimum Gasteiger partial charge on any atom is -0.493 e. The van der Waals surface area contributed by atoms with E-state index in [1.165, 1.54) is 34.0 Å². The van der Waals surface area contributed by atoms with Gasteiger partial charge in [-0.05, 0) is 73.4 Å². The van der Waals surface area contributed by atoms with Gasteiger partial charge in [0.2, 0.25) is 5.78 Å². The lowest BCUT2D eigenvalue weighted by molar-refractivity contribution is 0.104. The summed E-state index contributed by atoms with van der Waals surface area (Å²) in [7, 11) is 1.63. The summed E-state index contributed by atoms with van der Waals surface area (Å²) in [6, 6.07) is 17.8. The standard InChI is InChI=1S/C26H24O3S/c1-16-11-17(2)21(18(3)12-16)15-29-22-10-9-19(13-23(22)28-4)14-25-26(27)20-7-5-6-8-24(20)30-25/h5-14H,15H2,1-4H3/b25-14-. The van der Waals surface area contributed by atoms with Crippen LogP contribution >= 0.6 is 11.8 Å². The summed E-state index contributed by atoms with van der Waals surface area (Å²) in [5.41, 5.74) is 6.58. The highest BCUT2D eigenvalue weighted by molar-refractivity contribution is 8.04. The largest absolute Gasteiger partial charge is 0.493 e. The summed E-state index contributed by atoms with van der Waals surface area (Å²) in [5.74, 6) is 1.41. The number of ketones is 1. The normalized spacial score (nSPS) is 14.1. The summed E-state index contributed by atoms with van der Waals surface area (Å²) >= 11 is 1.51. The molecule has 0 bridgehead atoms. The van der Waals surface area contributed by atoms with Crippen LogP contribution in [0.3, 0.4) is 0 Å². The fourth-order valence-corrected chi connectivity index (χ4v) is 4.82. The molecule has 1 aliphatic rings. The molecule has 0 saturated heterocycles. The van der Waals surface area contributed by atoms with Crippen LogP contribution in [-0.2, 0) is 6.61 Å². The topological polar surface area (TPSA) is 35.5 Å². The molecule has 4 heteroatoms. The Morgan fingerprint density at radius 2 is 1.67 bits per heavy atom. The van der Waals surface area contributed by atoms with Crippen molar-refractivity contribution >= 4 is 23.6 Å². The van der Waals surface area contributed by atoms with Crippen LogP contribution in [0.5, 0.6) is 11.5 Å². The number of aryl methyl sites for hydroxylation is 3. The first-order valence-corrected chi connectivity index (χ1v) is 10.7. The van der Waals surface area contributed by atoms with Crippen molar-refractivity contribution in [1.82, 2.24) is 0 Å². The molecule has 0 saturated carbocycles. The van der Waals surface area contributed by atoms with Crippen LogP contribution in [0, 0.1) is 20.8 Å². The number of fused-ring (bicyclic) bond motifs is 1. The molecule has 0 radical (unpaired) electrons. The highest BCUT2D eigenvalue weighted by Gasteiger charge is 2.25. The van der Waals surface area contributed by atoms with E-state index in [1.807, 2.05) is 48.5 Å². The lowest BCUT2D eigenvalue weighted by Crippen LogP contribution is -2.02.